The quantitative estimate of drug-likeness (QED) is 0.740. The van der Waals surface area contributed by atoms with E-state index < -0.39 is 5.54 Å². The van der Waals surface area contributed by atoms with Gasteiger partial charge in [0, 0.05) is 26.1 Å². The first-order valence-corrected chi connectivity index (χ1v) is 6.28. The van der Waals surface area contributed by atoms with Gasteiger partial charge in [0.15, 0.2) is 0 Å². The maximum absolute atomic E-state index is 12.2. The van der Waals surface area contributed by atoms with Crippen LogP contribution in [0, 0.1) is 0 Å². The molecule has 5 nitrogen and oxygen atoms in total. The van der Waals surface area contributed by atoms with Gasteiger partial charge in [-0.25, -0.2) is 0 Å². The summed E-state index contributed by atoms with van der Waals surface area (Å²) in [4.78, 5) is 25.0. The third-order valence-corrected chi connectivity index (χ3v) is 3.57. The normalized spacial score (nSPS) is 20.5. The number of nitrogens with zero attached hydrogens (tertiary/aromatic N) is 1. The molecule has 17 heavy (non-hydrogen) atoms. The Morgan fingerprint density at radius 2 is 2.00 bits per heavy atom. The van der Waals surface area contributed by atoms with Crippen LogP contribution >= 0.6 is 0 Å². The van der Waals surface area contributed by atoms with Crippen molar-refractivity contribution in [3.8, 4) is 0 Å². The second-order valence-electron chi connectivity index (χ2n) is 4.80. The highest BCUT2D eigenvalue weighted by atomic mass is 16.2. The number of rotatable bonds is 4. The molecule has 0 bridgehead atoms. The van der Waals surface area contributed by atoms with Gasteiger partial charge in [0.05, 0.1) is 5.54 Å². The fraction of sp³-hybridized carbons (Fsp3) is 0.833. The van der Waals surface area contributed by atoms with E-state index in [1.807, 2.05) is 13.8 Å². The van der Waals surface area contributed by atoms with Crippen LogP contribution in [0.15, 0.2) is 0 Å². The third-order valence-electron chi connectivity index (χ3n) is 3.57. The Balaban J connectivity index is 2.59. The number of likely N-dealkylation sites (tertiary alicyclic amines) is 1. The smallest absolute Gasteiger partial charge is 0.242 e. The molecular weight excluding hydrogens is 218 g/mol. The van der Waals surface area contributed by atoms with Gasteiger partial charge in [-0.2, -0.15) is 0 Å². The van der Waals surface area contributed by atoms with Crippen molar-refractivity contribution in [2.45, 2.75) is 51.6 Å². The Kier molecular flexibility index (Phi) is 4.51. The lowest BCUT2D eigenvalue weighted by Gasteiger charge is -2.30. The minimum atomic E-state index is -0.745. The van der Waals surface area contributed by atoms with Gasteiger partial charge in [0.2, 0.25) is 11.8 Å². The molecular formula is C12H23N3O2. The van der Waals surface area contributed by atoms with Crippen LogP contribution in [0.3, 0.4) is 0 Å². The molecule has 1 saturated heterocycles. The Labute approximate surface area is 103 Å². The fourth-order valence-corrected chi connectivity index (χ4v) is 2.22. The number of carbonyl (C=O) groups excluding carboxylic acids is 2. The average Bonchev–Trinajstić information content (AvgIpc) is 2.74. The van der Waals surface area contributed by atoms with Crippen molar-refractivity contribution < 1.29 is 9.59 Å². The van der Waals surface area contributed by atoms with Crippen LogP contribution in [0.4, 0.5) is 0 Å². The number of nitrogens with two attached hydrogens (primary N) is 1. The highest BCUT2D eigenvalue weighted by Crippen LogP contribution is 2.19. The van der Waals surface area contributed by atoms with Gasteiger partial charge < -0.3 is 16.0 Å². The number of hydrogen-bond acceptors (Lipinski definition) is 3. The standard InChI is InChI=1S/C12H23N3O2/c1-4-12(13,5-2)11(17)15-7-6-10(8-15)14-9(3)16/h10H,4-8,13H2,1-3H3,(H,14,16). The molecule has 1 unspecified atom stereocenters. The van der Waals surface area contributed by atoms with E-state index in [0.29, 0.717) is 25.9 Å². The maximum atomic E-state index is 12.2. The van der Waals surface area contributed by atoms with Crippen molar-refractivity contribution >= 4 is 11.8 Å². The molecule has 0 aromatic rings. The van der Waals surface area contributed by atoms with Crippen LogP contribution in [0.2, 0.25) is 0 Å². The summed E-state index contributed by atoms with van der Waals surface area (Å²) in [6.07, 6.45) is 2.10. The van der Waals surface area contributed by atoms with E-state index in [4.69, 9.17) is 5.73 Å². The largest absolute Gasteiger partial charge is 0.352 e. The zero-order chi connectivity index (χ0) is 13.1. The lowest BCUT2D eigenvalue weighted by Crippen LogP contribution is -2.54. The van der Waals surface area contributed by atoms with Gasteiger partial charge >= 0.3 is 0 Å². The van der Waals surface area contributed by atoms with Gasteiger partial charge in [0.1, 0.15) is 0 Å². The summed E-state index contributed by atoms with van der Waals surface area (Å²) in [5.41, 5.74) is 5.34. The summed E-state index contributed by atoms with van der Waals surface area (Å²) < 4.78 is 0. The molecule has 1 aliphatic heterocycles. The zero-order valence-corrected chi connectivity index (χ0v) is 11.0. The summed E-state index contributed by atoms with van der Waals surface area (Å²) >= 11 is 0. The van der Waals surface area contributed by atoms with Crippen molar-refractivity contribution in [2.24, 2.45) is 5.73 Å². The number of carbonyl (C=O) groups is 2. The lowest BCUT2D eigenvalue weighted by molar-refractivity contribution is -0.136. The van der Waals surface area contributed by atoms with Crippen LogP contribution in [0.25, 0.3) is 0 Å². The van der Waals surface area contributed by atoms with E-state index >= 15 is 0 Å². The predicted molar refractivity (Wildman–Crippen MR) is 66.3 cm³/mol. The minimum Gasteiger partial charge on any atom is -0.352 e. The molecule has 1 atom stereocenters. The number of hydrogen-bond donors (Lipinski definition) is 2. The van der Waals surface area contributed by atoms with Crippen molar-refractivity contribution in [1.29, 1.82) is 0 Å². The summed E-state index contributed by atoms with van der Waals surface area (Å²) in [7, 11) is 0. The Morgan fingerprint density at radius 1 is 1.41 bits per heavy atom. The summed E-state index contributed by atoms with van der Waals surface area (Å²) in [6, 6.07) is 0.0782. The molecule has 0 aliphatic carbocycles. The maximum Gasteiger partial charge on any atom is 0.242 e. The van der Waals surface area contributed by atoms with E-state index in [1.165, 1.54) is 6.92 Å². The molecule has 0 spiro atoms. The van der Waals surface area contributed by atoms with Crippen molar-refractivity contribution in [2.75, 3.05) is 13.1 Å². The van der Waals surface area contributed by atoms with Gasteiger partial charge in [-0.3, -0.25) is 9.59 Å². The molecule has 98 valence electrons. The summed E-state index contributed by atoms with van der Waals surface area (Å²) in [5.74, 6) is -0.0374. The van der Waals surface area contributed by atoms with Gasteiger partial charge in [-0.1, -0.05) is 13.8 Å². The highest BCUT2D eigenvalue weighted by molar-refractivity contribution is 5.86. The van der Waals surface area contributed by atoms with Crippen LogP contribution in [0.5, 0.6) is 0 Å². The first-order valence-electron chi connectivity index (χ1n) is 6.28. The predicted octanol–water partition coefficient (Wildman–Crippen LogP) is 0.241. The van der Waals surface area contributed by atoms with Crippen LogP contribution < -0.4 is 11.1 Å². The van der Waals surface area contributed by atoms with Crippen LogP contribution in [0.1, 0.15) is 40.0 Å². The van der Waals surface area contributed by atoms with Crippen LogP contribution in [-0.4, -0.2) is 41.4 Å². The van der Waals surface area contributed by atoms with E-state index in [-0.39, 0.29) is 17.9 Å². The molecule has 1 fully saturated rings. The first kappa shape index (κ1) is 14.0. The Hall–Kier alpha value is -1.10. The SMILES string of the molecule is CCC(N)(CC)C(=O)N1CCC(NC(C)=O)C1. The topological polar surface area (TPSA) is 75.4 Å². The lowest BCUT2D eigenvalue weighted by atomic mass is 9.92. The Bertz CT molecular complexity index is 300. The average molecular weight is 241 g/mol. The molecule has 1 rings (SSSR count). The van der Waals surface area contributed by atoms with Gasteiger partial charge in [-0.05, 0) is 19.3 Å². The molecule has 2 amide bonds. The van der Waals surface area contributed by atoms with Crippen molar-refractivity contribution in [1.82, 2.24) is 10.2 Å². The summed E-state index contributed by atoms with van der Waals surface area (Å²) in [6.45, 7) is 6.63. The third kappa shape index (κ3) is 3.19. The van der Waals surface area contributed by atoms with Gasteiger partial charge in [-0.15, -0.1) is 0 Å². The molecule has 0 aromatic heterocycles. The molecule has 1 aliphatic rings. The zero-order valence-electron chi connectivity index (χ0n) is 11.0. The minimum absolute atomic E-state index is 0.00959. The van der Waals surface area contributed by atoms with Gasteiger partial charge in [0.25, 0.3) is 0 Å². The number of amides is 2. The molecule has 3 N–H and O–H groups in total. The van der Waals surface area contributed by atoms with E-state index in [1.54, 1.807) is 4.90 Å². The number of nitrogens with one attached hydrogen (secondary N) is 1. The van der Waals surface area contributed by atoms with E-state index in [9.17, 15) is 9.59 Å². The van der Waals surface area contributed by atoms with Crippen molar-refractivity contribution in [3.05, 3.63) is 0 Å². The highest BCUT2D eigenvalue weighted by Gasteiger charge is 2.37. The molecule has 5 heteroatoms. The first-order chi connectivity index (χ1) is 7.92. The van der Waals surface area contributed by atoms with Crippen LogP contribution in [-0.2, 0) is 9.59 Å². The molecule has 1 heterocycles. The van der Waals surface area contributed by atoms with E-state index in [2.05, 4.69) is 5.32 Å². The second kappa shape index (κ2) is 5.49. The monoisotopic (exact) mass is 241 g/mol. The molecule has 0 aromatic carbocycles. The Morgan fingerprint density at radius 3 is 2.47 bits per heavy atom. The fourth-order valence-electron chi connectivity index (χ4n) is 2.22. The molecule has 0 saturated carbocycles. The molecule has 0 radical (unpaired) electrons. The summed E-state index contributed by atoms with van der Waals surface area (Å²) in [5, 5.41) is 2.84. The van der Waals surface area contributed by atoms with E-state index in [0.717, 1.165) is 6.42 Å². The van der Waals surface area contributed by atoms with Crippen molar-refractivity contribution in [3.63, 3.8) is 0 Å². The second-order valence-corrected chi connectivity index (χ2v) is 4.80.